The molecule has 0 aliphatic carbocycles. The Kier molecular flexibility index (Phi) is 4.89. The molecule has 21 heavy (non-hydrogen) atoms. The molecule has 1 aliphatic heterocycles. The van der Waals surface area contributed by atoms with E-state index in [-0.39, 0.29) is 17.7 Å². The van der Waals surface area contributed by atoms with Crippen molar-refractivity contribution in [2.24, 2.45) is 0 Å². The maximum Gasteiger partial charge on any atom is 0.339 e. The number of allylic oxidation sites excluding steroid dienone is 1. The number of hydrogen-bond donors (Lipinski definition) is 0. The van der Waals surface area contributed by atoms with Gasteiger partial charge in [-0.05, 0) is 25.5 Å². The van der Waals surface area contributed by atoms with Gasteiger partial charge in [-0.3, -0.25) is 10.1 Å². The van der Waals surface area contributed by atoms with Crippen molar-refractivity contribution in [3.05, 3.63) is 46.2 Å². The minimum Gasteiger partial charge on any atom is -0.469 e. The van der Waals surface area contributed by atoms with E-state index in [0.29, 0.717) is 12.4 Å². The lowest BCUT2D eigenvalue weighted by Gasteiger charge is -2.12. The average molecular weight is 293 g/mol. The lowest BCUT2D eigenvalue weighted by molar-refractivity contribution is -0.384. The zero-order valence-corrected chi connectivity index (χ0v) is 11.5. The summed E-state index contributed by atoms with van der Waals surface area (Å²) in [6.07, 6.45) is 2.63. The zero-order chi connectivity index (χ0) is 15.2. The number of benzene rings is 1. The van der Waals surface area contributed by atoms with E-state index in [9.17, 15) is 14.9 Å². The van der Waals surface area contributed by atoms with Crippen molar-refractivity contribution in [3.8, 4) is 5.75 Å². The lowest BCUT2D eigenvalue weighted by Crippen LogP contribution is -2.11. The zero-order valence-electron chi connectivity index (χ0n) is 11.5. The number of carbonyl (C=O) groups excluding carboxylic acids is 1. The third kappa shape index (κ3) is 4.57. The van der Waals surface area contributed by atoms with Gasteiger partial charge in [-0.2, -0.15) is 0 Å². The van der Waals surface area contributed by atoms with Gasteiger partial charge in [-0.1, -0.05) is 0 Å². The molecule has 1 fully saturated rings. The quantitative estimate of drug-likeness (QED) is 0.207. The van der Waals surface area contributed by atoms with Crippen LogP contribution in [0.2, 0.25) is 0 Å². The maximum absolute atomic E-state index is 11.7. The summed E-state index contributed by atoms with van der Waals surface area (Å²) >= 11 is 0. The van der Waals surface area contributed by atoms with Crippen LogP contribution in [0.15, 0.2) is 36.1 Å². The molecule has 2 rings (SSSR count). The highest BCUT2D eigenvalue weighted by Gasteiger charge is 2.17. The fraction of sp³-hybridized carbons (Fsp3) is 0.357. The van der Waals surface area contributed by atoms with Crippen molar-refractivity contribution in [3.63, 3.8) is 0 Å². The fourth-order valence-electron chi connectivity index (χ4n) is 1.83. The van der Waals surface area contributed by atoms with E-state index >= 15 is 0 Å². The number of ether oxygens (including phenoxy) is 3. The van der Waals surface area contributed by atoms with Crippen LogP contribution in [0.4, 0.5) is 5.69 Å². The number of nitro groups is 1. The van der Waals surface area contributed by atoms with Crippen LogP contribution in [0.1, 0.15) is 19.8 Å². The summed E-state index contributed by atoms with van der Waals surface area (Å²) in [6.45, 7) is 2.30. The third-order valence-corrected chi connectivity index (χ3v) is 2.79. The summed E-state index contributed by atoms with van der Waals surface area (Å²) in [7, 11) is 0. The first-order valence-electron chi connectivity index (χ1n) is 6.47. The van der Waals surface area contributed by atoms with Gasteiger partial charge in [0.1, 0.15) is 11.5 Å². The van der Waals surface area contributed by atoms with Crippen LogP contribution in [0.3, 0.4) is 0 Å². The summed E-state index contributed by atoms with van der Waals surface area (Å²) in [6, 6.07) is 5.25. The smallest absolute Gasteiger partial charge is 0.339 e. The molecule has 7 heteroatoms. The van der Waals surface area contributed by atoms with Crippen LogP contribution < -0.4 is 4.74 Å². The molecular weight excluding hydrogens is 278 g/mol. The van der Waals surface area contributed by atoms with Crippen molar-refractivity contribution in [1.82, 2.24) is 0 Å². The number of hydrogen-bond acceptors (Lipinski definition) is 6. The van der Waals surface area contributed by atoms with E-state index in [1.54, 1.807) is 6.92 Å². The third-order valence-electron chi connectivity index (χ3n) is 2.79. The molecular formula is C14H15NO6. The molecule has 0 radical (unpaired) electrons. The van der Waals surface area contributed by atoms with Crippen LogP contribution in [0.5, 0.6) is 5.75 Å². The van der Waals surface area contributed by atoms with Gasteiger partial charge in [0.2, 0.25) is 0 Å². The largest absolute Gasteiger partial charge is 0.469 e. The summed E-state index contributed by atoms with van der Waals surface area (Å²) in [5.41, 5.74) is -0.0664. The molecule has 1 aliphatic rings. The van der Waals surface area contributed by atoms with Gasteiger partial charge in [0.25, 0.3) is 5.69 Å². The highest BCUT2D eigenvalue weighted by molar-refractivity contribution is 5.84. The first-order chi connectivity index (χ1) is 10.0. The summed E-state index contributed by atoms with van der Waals surface area (Å²) in [5, 5.41) is 10.5. The average Bonchev–Trinajstić information content (AvgIpc) is 2.91. The van der Waals surface area contributed by atoms with Crippen molar-refractivity contribution >= 4 is 11.7 Å². The van der Waals surface area contributed by atoms with Gasteiger partial charge >= 0.3 is 5.97 Å². The minimum absolute atomic E-state index is 0.0664. The molecule has 1 aromatic carbocycles. The van der Waals surface area contributed by atoms with Gasteiger partial charge in [0, 0.05) is 18.6 Å². The molecule has 1 saturated heterocycles. The Balaban J connectivity index is 1.89. The number of non-ortho nitro benzene ring substituents is 1. The molecule has 0 N–H and O–H groups in total. The van der Waals surface area contributed by atoms with E-state index in [2.05, 4.69) is 0 Å². The molecule has 0 spiro atoms. The number of nitrogens with zero attached hydrogens (tertiary/aromatic N) is 1. The Hall–Kier alpha value is -2.41. The molecule has 0 bridgehead atoms. The Labute approximate surface area is 121 Å². The normalized spacial score (nSPS) is 18.3. The van der Waals surface area contributed by atoms with Gasteiger partial charge in [0.05, 0.1) is 17.6 Å². The number of nitro benzene ring substituents is 1. The predicted octanol–water partition coefficient (Wildman–Crippen LogP) is 2.56. The highest BCUT2D eigenvalue weighted by atomic mass is 16.7. The Morgan fingerprint density at radius 2 is 2.14 bits per heavy atom. The van der Waals surface area contributed by atoms with E-state index in [1.165, 1.54) is 30.3 Å². The summed E-state index contributed by atoms with van der Waals surface area (Å²) in [5.74, 6) is 0.0138. The van der Waals surface area contributed by atoms with Crippen LogP contribution in [0, 0.1) is 10.1 Å². The number of esters is 1. The van der Waals surface area contributed by atoms with Gasteiger partial charge in [-0.15, -0.1) is 0 Å². The monoisotopic (exact) mass is 293 g/mol. The van der Waals surface area contributed by atoms with Gasteiger partial charge in [-0.25, -0.2) is 4.79 Å². The second kappa shape index (κ2) is 6.85. The fourth-order valence-corrected chi connectivity index (χ4v) is 1.83. The summed E-state index contributed by atoms with van der Waals surface area (Å²) < 4.78 is 15.7. The SMILES string of the molecule is C/C(=C\C(=O)Oc1ccc([N+](=O)[O-])cc1)OC1CCCO1. The Morgan fingerprint density at radius 3 is 2.71 bits per heavy atom. The van der Waals surface area contributed by atoms with Crippen molar-refractivity contribution in [1.29, 1.82) is 0 Å². The maximum atomic E-state index is 11.7. The molecule has 0 amide bonds. The van der Waals surface area contributed by atoms with Crippen molar-refractivity contribution in [2.45, 2.75) is 26.1 Å². The Morgan fingerprint density at radius 1 is 1.43 bits per heavy atom. The van der Waals surface area contributed by atoms with E-state index in [4.69, 9.17) is 14.2 Å². The molecule has 1 atom stereocenters. The molecule has 0 aromatic heterocycles. The summed E-state index contributed by atoms with van der Waals surface area (Å²) in [4.78, 5) is 21.6. The molecule has 1 unspecified atom stereocenters. The lowest BCUT2D eigenvalue weighted by atomic mass is 10.3. The second-order valence-electron chi connectivity index (χ2n) is 4.49. The van der Waals surface area contributed by atoms with Crippen molar-refractivity contribution < 1.29 is 23.9 Å². The van der Waals surface area contributed by atoms with Crippen LogP contribution in [-0.4, -0.2) is 23.8 Å². The van der Waals surface area contributed by atoms with Crippen LogP contribution in [-0.2, 0) is 14.3 Å². The first-order valence-corrected chi connectivity index (χ1v) is 6.47. The molecule has 1 aromatic rings. The molecule has 1 heterocycles. The van der Waals surface area contributed by atoms with E-state index in [1.807, 2.05) is 0 Å². The van der Waals surface area contributed by atoms with E-state index in [0.717, 1.165) is 12.8 Å². The van der Waals surface area contributed by atoms with Crippen molar-refractivity contribution in [2.75, 3.05) is 6.61 Å². The van der Waals surface area contributed by atoms with Crippen LogP contribution in [0.25, 0.3) is 0 Å². The van der Waals surface area contributed by atoms with Gasteiger partial charge < -0.3 is 14.2 Å². The van der Waals surface area contributed by atoms with Gasteiger partial charge in [0.15, 0.2) is 6.29 Å². The first kappa shape index (κ1) is 15.0. The minimum atomic E-state index is -0.612. The van der Waals surface area contributed by atoms with Crippen LogP contribution >= 0.6 is 0 Å². The standard InChI is InChI=1S/C14H15NO6/c1-10(20-14-3-2-8-19-14)9-13(16)21-12-6-4-11(5-7-12)15(17)18/h4-7,9,14H,2-3,8H2,1H3/b10-9+. The Bertz CT molecular complexity index is 545. The molecule has 112 valence electrons. The molecule has 7 nitrogen and oxygen atoms in total. The topological polar surface area (TPSA) is 87.9 Å². The second-order valence-corrected chi connectivity index (χ2v) is 4.49. The molecule has 0 saturated carbocycles. The van der Waals surface area contributed by atoms with E-state index < -0.39 is 10.9 Å². The highest BCUT2D eigenvalue weighted by Crippen LogP contribution is 2.19. The predicted molar refractivity (Wildman–Crippen MR) is 72.5 cm³/mol. The number of carbonyl (C=O) groups is 1. The number of rotatable bonds is 5.